The van der Waals surface area contributed by atoms with Gasteiger partial charge in [-0.15, -0.1) is 0 Å². The maximum atomic E-state index is 12.2. The van der Waals surface area contributed by atoms with Crippen LogP contribution in [0.1, 0.15) is 23.6 Å². The largest absolute Gasteiger partial charge is 0.395 e. The number of rotatable bonds is 6. The Labute approximate surface area is 166 Å². The maximum absolute atomic E-state index is 12.2. The average molecular weight is 396 g/mol. The summed E-state index contributed by atoms with van der Waals surface area (Å²) in [5.41, 5.74) is 7.69. The number of sulfone groups is 1. The molecular weight excluding hydrogens is 370 g/mol. The number of aliphatic hydroxyl groups excluding tert-OH is 1. The third kappa shape index (κ3) is 3.86. The summed E-state index contributed by atoms with van der Waals surface area (Å²) in [6.07, 6.45) is 2.65. The Balaban J connectivity index is 2.14. The minimum atomic E-state index is -3.45. The summed E-state index contributed by atoms with van der Waals surface area (Å²) in [6, 6.07) is 15.1. The number of aromatic nitrogens is 1. The molecule has 0 fully saturated rings. The molecule has 0 radical (unpaired) electrons. The van der Waals surface area contributed by atoms with E-state index in [4.69, 9.17) is 5.11 Å². The van der Waals surface area contributed by atoms with Gasteiger partial charge in [0, 0.05) is 11.8 Å². The Kier molecular flexibility index (Phi) is 5.96. The van der Waals surface area contributed by atoms with E-state index in [2.05, 4.69) is 44.0 Å². The van der Waals surface area contributed by atoms with Crippen molar-refractivity contribution in [3.8, 4) is 22.4 Å². The van der Waals surface area contributed by atoms with Crippen molar-refractivity contribution in [3.05, 3.63) is 71.4 Å². The SMILES string of the molecule is CCc1c(-c2ccc(S(=O)(=O)CCO)cc2)ccc(C)c1-c1ncccc1C. The van der Waals surface area contributed by atoms with E-state index >= 15 is 0 Å². The van der Waals surface area contributed by atoms with Crippen molar-refractivity contribution in [2.45, 2.75) is 32.1 Å². The van der Waals surface area contributed by atoms with Crippen LogP contribution in [0.5, 0.6) is 0 Å². The minimum Gasteiger partial charge on any atom is -0.395 e. The van der Waals surface area contributed by atoms with Gasteiger partial charge in [0.15, 0.2) is 9.84 Å². The Morgan fingerprint density at radius 2 is 1.68 bits per heavy atom. The molecule has 0 saturated heterocycles. The van der Waals surface area contributed by atoms with Crippen LogP contribution in [0.4, 0.5) is 0 Å². The monoisotopic (exact) mass is 395 g/mol. The molecule has 1 heterocycles. The summed E-state index contributed by atoms with van der Waals surface area (Å²) in [4.78, 5) is 4.85. The van der Waals surface area contributed by atoms with E-state index in [1.165, 1.54) is 11.1 Å². The lowest BCUT2D eigenvalue weighted by molar-refractivity contribution is 0.319. The van der Waals surface area contributed by atoms with Crippen molar-refractivity contribution in [1.29, 1.82) is 0 Å². The first kappa shape index (κ1) is 20.2. The third-order valence-electron chi connectivity index (χ3n) is 5.01. The molecule has 3 rings (SSSR count). The van der Waals surface area contributed by atoms with Crippen molar-refractivity contribution >= 4 is 9.84 Å². The Bertz CT molecular complexity index is 1090. The van der Waals surface area contributed by atoms with E-state index < -0.39 is 9.84 Å². The Morgan fingerprint density at radius 3 is 2.29 bits per heavy atom. The van der Waals surface area contributed by atoms with E-state index in [0.29, 0.717) is 0 Å². The maximum Gasteiger partial charge on any atom is 0.180 e. The molecule has 1 aromatic heterocycles. The van der Waals surface area contributed by atoms with Crippen LogP contribution in [0.15, 0.2) is 59.6 Å². The number of pyridine rings is 1. The van der Waals surface area contributed by atoms with Crippen LogP contribution in [0.25, 0.3) is 22.4 Å². The number of benzene rings is 2. The van der Waals surface area contributed by atoms with E-state index in [1.807, 2.05) is 24.4 Å². The van der Waals surface area contributed by atoms with Gasteiger partial charge in [0.2, 0.25) is 0 Å². The van der Waals surface area contributed by atoms with Gasteiger partial charge in [0.25, 0.3) is 0 Å². The quantitative estimate of drug-likeness (QED) is 0.673. The van der Waals surface area contributed by atoms with Crippen LogP contribution in [0.2, 0.25) is 0 Å². The second-order valence-electron chi connectivity index (χ2n) is 6.87. The van der Waals surface area contributed by atoms with Crippen molar-refractivity contribution in [3.63, 3.8) is 0 Å². The molecule has 0 atom stereocenters. The fraction of sp³-hybridized carbons (Fsp3) is 0.261. The first-order valence-electron chi connectivity index (χ1n) is 9.37. The summed E-state index contributed by atoms with van der Waals surface area (Å²) in [6.45, 7) is 5.90. The molecule has 4 nitrogen and oxygen atoms in total. The fourth-order valence-electron chi connectivity index (χ4n) is 3.56. The van der Waals surface area contributed by atoms with E-state index in [-0.39, 0.29) is 17.3 Å². The summed E-state index contributed by atoms with van der Waals surface area (Å²) >= 11 is 0. The summed E-state index contributed by atoms with van der Waals surface area (Å²) in [5, 5.41) is 8.97. The molecule has 146 valence electrons. The van der Waals surface area contributed by atoms with Gasteiger partial charge in [-0.25, -0.2) is 8.42 Å². The Morgan fingerprint density at radius 1 is 0.964 bits per heavy atom. The lowest BCUT2D eigenvalue weighted by Gasteiger charge is -2.18. The molecule has 0 saturated carbocycles. The first-order chi connectivity index (χ1) is 13.4. The third-order valence-corrected chi connectivity index (χ3v) is 6.72. The number of nitrogens with zero attached hydrogens (tertiary/aromatic N) is 1. The topological polar surface area (TPSA) is 67.3 Å². The van der Waals surface area contributed by atoms with Gasteiger partial charge in [-0.05, 0) is 66.3 Å². The highest BCUT2D eigenvalue weighted by Gasteiger charge is 2.17. The van der Waals surface area contributed by atoms with Crippen molar-refractivity contribution < 1.29 is 13.5 Å². The van der Waals surface area contributed by atoms with E-state index in [1.54, 1.807) is 12.1 Å². The molecule has 28 heavy (non-hydrogen) atoms. The fourth-order valence-corrected chi connectivity index (χ4v) is 4.59. The number of hydrogen-bond acceptors (Lipinski definition) is 4. The highest BCUT2D eigenvalue weighted by atomic mass is 32.2. The van der Waals surface area contributed by atoms with Crippen molar-refractivity contribution in [2.24, 2.45) is 0 Å². The van der Waals surface area contributed by atoms with Gasteiger partial charge in [-0.3, -0.25) is 4.98 Å². The minimum absolute atomic E-state index is 0.233. The molecule has 0 spiro atoms. The van der Waals surface area contributed by atoms with Crippen LogP contribution in [-0.4, -0.2) is 30.9 Å². The number of aryl methyl sites for hydroxylation is 2. The number of hydrogen-bond donors (Lipinski definition) is 1. The Hall–Kier alpha value is -2.50. The molecule has 0 bridgehead atoms. The zero-order valence-electron chi connectivity index (χ0n) is 16.4. The zero-order chi connectivity index (χ0) is 20.3. The highest BCUT2D eigenvalue weighted by Crippen LogP contribution is 2.36. The van der Waals surface area contributed by atoms with Crippen LogP contribution < -0.4 is 0 Å². The van der Waals surface area contributed by atoms with Crippen molar-refractivity contribution in [1.82, 2.24) is 4.98 Å². The van der Waals surface area contributed by atoms with Crippen LogP contribution in [0, 0.1) is 13.8 Å². The summed E-state index contributed by atoms with van der Waals surface area (Å²) in [5.74, 6) is -0.264. The van der Waals surface area contributed by atoms with Gasteiger partial charge in [0.1, 0.15) is 0 Å². The zero-order valence-corrected chi connectivity index (χ0v) is 17.3. The molecule has 0 unspecified atom stereocenters. The second-order valence-corrected chi connectivity index (χ2v) is 8.98. The molecule has 0 aliphatic rings. The molecular formula is C23H25NO3S. The average Bonchev–Trinajstić information content (AvgIpc) is 2.68. The molecule has 0 aliphatic carbocycles. The normalized spacial score (nSPS) is 11.6. The van der Waals surface area contributed by atoms with Crippen LogP contribution in [-0.2, 0) is 16.3 Å². The molecule has 0 amide bonds. The highest BCUT2D eigenvalue weighted by molar-refractivity contribution is 7.91. The van der Waals surface area contributed by atoms with Crippen molar-refractivity contribution in [2.75, 3.05) is 12.4 Å². The lowest BCUT2D eigenvalue weighted by atomic mass is 9.88. The predicted molar refractivity (Wildman–Crippen MR) is 113 cm³/mol. The molecule has 3 aromatic rings. The van der Waals surface area contributed by atoms with E-state index in [9.17, 15) is 8.42 Å². The van der Waals surface area contributed by atoms with Crippen LogP contribution >= 0.6 is 0 Å². The van der Waals surface area contributed by atoms with E-state index in [0.717, 1.165) is 34.4 Å². The van der Waals surface area contributed by atoms with Gasteiger partial charge in [-0.1, -0.05) is 37.3 Å². The smallest absolute Gasteiger partial charge is 0.180 e. The molecule has 1 N–H and O–H groups in total. The lowest BCUT2D eigenvalue weighted by Crippen LogP contribution is -2.09. The molecule has 5 heteroatoms. The molecule has 2 aromatic carbocycles. The second kappa shape index (κ2) is 8.25. The molecule has 0 aliphatic heterocycles. The summed E-state index contributed by atoms with van der Waals surface area (Å²) in [7, 11) is -3.45. The predicted octanol–water partition coefficient (Wildman–Crippen LogP) is 4.36. The van der Waals surface area contributed by atoms with Gasteiger partial charge < -0.3 is 5.11 Å². The van der Waals surface area contributed by atoms with Gasteiger partial charge >= 0.3 is 0 Å². The first-order valence-corrected chi connectivity index (χ1v) is 11.0. The van der Waals surface area contributed by atoms with Gasteiger partial charge in [0.05, 0.1) is 22.9 Å². The standard InChI is InChI=1S/C23H25NO3S/c1-4-20-21(18-8-10-19(11-9-18)28(26,27)15-14-25)12-7-16(2)22(20)23-17(3)6-5-13-24-23/h5-13,25H,4,14-15H2,1-3H3. The van der Waals surface area contributed by atoms with Crippen LogP contribution in [0.3, 0.4) is 0 Å². The van der Waals surface area contributed by atoms with Gasteiger partial charge in [-0.2, -0.15) is 0 Å². The summed E-state index contributed by atoms with van der Waals surface area (Å²) < 4.78 is 24.3. The number of aliphatic hydroxyl groups is 1.